The lowest BCUT2D eigenvalue weighted by Crippen LogP contribution is -2.33. The van der Waals surface area contributed by atoms with Gasteiger partial charge < -0.3 is 14.6 Å². The van der Waals surface area contributed by atoms with Crippen LogP contribution < -0.4 is 10.2 Å². The van der Waals surface area contributed by atoms with Gasteiger partial charge in [0.1, 0.15) is 11.5 Å². The van der Waals surface area contributed by atoms with Gasteiger partial charge in [0.2, 0.25) is 0 Å². The summed E-state index contributed by atoms with van der Waals surface area (Å²) >= 11 is 0. The number of nitrogens with one attached hydrogen (secondary N) is 1. The van der Waals surface area contributed by atoms with Crippen LogP contribution in [0.3, 0.4) is 0 Å². The summed E-state index contributed by atoms with van der Waals surface area (Å²) < 4.78 is 15.8. The number of amides is 1. The molecular formula is C22H24FN7O. The van der Waals surface area contributed by atoms with Crippen molar-refractivity contribution in [1.29, 1.82) is 0 Å². The van der Waals surface area contributed by atoms with E-state index in [2.05, 4.69) is 30.1 Å². The van der Waals surface area contributed by atoms with Gasteiger partial charge in [0, 0.05) is 37.6 Å². The SMILES string of the molecule is Cc1cn2cc(NC(=O)c3cnc(N4CC5C(C4)C5N4CCCC4)cn3)cc(F)c2n1. The molecule has 3 aliphatic rings. The summed E-state index contributed by atoms with van der Waals surface area (Å²) in [6, 6.07) is 2.02. The van der Waals surface area contributed by atoms with Crippen LogP contribution in [0.4, 0.5) is 15.9 Å². The number of rotatable bonds is 4. The summed E-state index contributed by atoms with van der Waals surface area (Å²) in [7, 11) is 0. The fraction of sp³-hybridized carbons (Fsp3) is 0.455. The molecule has 2 unspecified atom stereocenters. The van der Waals surface area contributed by atoms with Crippen LogP contribution in [0.2, 0.25) is 0 Å². The smallest absolute Gasteiger partial charge is 0.275 e. The van der Waals surface area contributed by atoms with Gasteiger partial charge in [-0.15, -0.1) is 0 Å². The van der Waals surface area contributed by atoms with Crippen molar-refractivity contribution in [2.45, 2.75) is 25.8 Å². The highest BCUT2D eigenvalue weighted by Gasteiger charge is 2.58. The molecule has 1 saturated carbocycles. The molecule has 3 fully saturated rings. The molecule has 1 aliphatic carbocycles. The largest absolute Gasteiger partial charge is 0.355 e. The van der Waals surface area contributed by atoms with E-state index in [1.54, 1.807) is 29.9 Å². The van der Waals surface area contributed by atoms with Gasteiger partial charge in [0.05, 0.1) is 23.8 Å². The lowest BCUT2D eigenvalue weighted by atomic mass is 10.3. The van der Waals surface area contributed by atoms with Crippen LogP contribution in [0, 0.1) is 24.6 Å². The summed E-state index contributed by atoms with van der Waals surface area (Å²) in [5.41, 5.74) is 1.47. The van der Waals surface area contributed by atoms with Gasteiger partial charge in [0.25, 0.3) is 5.91 Å². The fourth-order valence-electron chi connectivity index (χ4n) is 5.31. The Morgan fingerprint density at radius 1 is 1.13 bits per heavy atom. The lowest BCUT2D eigenvalue weighted by molar-refractivity contribution is 0.102. The molecule has 5 heterocycles. The van der Waals surface area contributed by atoms with Crippen LogP contribution in [-0.2, 0) is 0 Å². The van der Waals surface area contributed by atoms with Crippen molar-refractivity contribution < 1.29 is 9.18 Å². The highest BCUT2D eigenvalue weighted by molar-refractivity contribution is 6.02. The van der Waals surface area contributed by atoms with Crippen molar-refractivity contribution in [1.82, 2.24) is 24.3 Å². The number of fused-ring (bicyclic) bond motifs is 2. The first-order valence-electron chi connectivity index (χ1n) is 10.8. The Balaban J connectivity index is 1.11. The Morgan fingerprint density at radius 2 is 1.90 bits per heavy atom. The first-order valence-corrected chi connectivity index (χ1v) is 10.8. The Morgan fingerprint density at radius 3 is 2.61 bits per heavy atom. The van der Waals surface area contributed by atoms with Gasteiger partial charge in [-0.3, -0.25) is 9.69 Å². The molecule has 1 N–H and O–H groups in total. The summed E-state index contributed by atoms with van der Waals surface area (Å²) in [6.07, 6.45) is 9.15. The average Bonchev–Trinajstić information content (AvgIpc) is 3.23. The second-order valence-corrected chi connectivity index (χ2v) is 8.87. The van der Waals surface area contributed by atoms with Crippen LogP contribution >= 0.6 is 0 Å². The van der Waals surface area contributed by atoms with Gasteiger partial charge in [-0.25, -0.2) is 19.3 Å². The molecule has 1 amide bonds. The lowest BCUT2D eigenvalue weighted by Gasteiger charge is -2.24. The molecule has 2 saturated heterocycles. The number of anilines is 2. The molecule has 160 valence electrons. The second kappa shape index (κ2) is 6.98. The van der Waals surface area contributed by atoms with E-state index in [1.807, 2.05) is 0 Å². The standard InChI is InChI=1S/C22H24FN7O/c1-13-9-30-10-14(6-17(23)21(30)26-13)27-22(31)18-7-25-19(8-24-18)29-11-15-16(12-29)20(15)28-4-2-3-5-28/h6-10,15-16,20H,2-5,11-12H2,1H3,(H,27,31). The summed E-state index contributed by atoms with van der Waals surface area (Å²) in [4.78, 5) is 30.4. The van der Waals surface area contributed by atoms with Gasteiger partial charge in [-0.2, -0.15) is 0 Å². The number of nitrogens with zero attached hydrogens (tertiary/aromatic N) is 6. The van der Waals surface area contributed by atoms with Crippen molar-refractivity contribution >= 4 is 23.1 Å². The normalized spacial score (nSPS) is 25.2. The van der Waals surface area contributed by atoms with Crippen molar-refractivity contribution in [3.8, 4) is 0 Å². The first-order chi connectivity index (χ1) is 15.1. The number of hydrogen-bond donors (Lipinski definition) is 1. The molecule has 2 atom stereocenters. The number of carbonyl (C=O) groups is 1. The van der Waals surface area contributed by atoms with Gasteiger partial charge in [-0.05, 0) is 44.7 Å². The van der Waals surface area contributed by atoms with Gasteiger partial charge in [0.15, 0.2) is 11.5 Å². The van der Waals surface area contributed by atoms with E-state index in [1.165, 1.54) is 38.2 Å². The molecule has 3 aromatic rings. The summed E-state index contributed by atoms with van der Waals surface area (Å²) in [6.45, 7) is 6.31. The Labute approximate surface area is 179 Å². The van der Waals surface area contributed by atoms with E-state index < -0.39 is 11.7 Å². The molecule has 8 nitrogen and oxygen atoms in total. The molecule has 0 bridgehead atoms. The number of aromatic nitrogens is 4. The zero-order chi connectivity index (χ0) is 21.1. The van der Waals surface area contributed by atoms with Crippen molar-refractivity contribution in [3.05, 3.63) is 48.1 Å². The van der Waals surface area contributed by atoms with E-state index in [0.29, 0.717) is 11.4 Å². The van der Waals surface area contributed by atoms with Crippen molar-refractivity contribution in [2.24, 2.45) is 11.8 Å². The number of carbonyl (C=O) groups excluding carboxylic acids is 1. The van der Waals surface area contributed by atoms with Crippen molar-refractivity contribution in [2.75, 3.05) is 36.4 Å². The minimum Gasteiger partial charge on any atom is -0.355 e. The predicted molar refractivity (Wildman–Crippen MR) is 114 cm³/mol. The number of likely N-dealkylation sites (tertiary alicyclic amines) is 1. The summed E-state index contributed by atoms with van der Waals surface area (Å²) in [5.74, 6) is 1.37. The third-order valence-electron chi connectivity index (χ3n) is 6.79. The van der Waals surface area contributed by atoms with E-state index in [-0.39, 0.29) is 11.3 Å². The van der Waals surface area contributed by atoms with Crippen LogP contribution in [0.5, 0.6) is 0 Å². The highest BCUT2D eigenvalue weighted by atomic mass is 19.1. The number of pyridine rings is 1. The van der Waals surface area contributed by atoms with Crippen LogP contribution in [0.25, 0.3) is 5.65 Å². The summed E-state index contributed by atoms with van der Waals surface area (Å²) in [5, 5.41) is 2.69. The molecule has 0 radical (unpaired) electrons. The van der Waals surface area contributed by atoms with E-state index in [9.17, 15) is 9.18 Å². The molecular weight excluding hydrogens is 397 g/mol. The predicted octanol–water partition coefficient (Wildman–Crippen LogP) is 2.35. The van der Waals surface area contributed by atoms with Crippen LogP contribution in [0.15, 0.2) is 30.9 Å². The Hall–Kier alpha value is -3.07. The Kier molecular flexibility index (Phi) is 4.21. The fourth-order valence-corrected chi connectivity index (χ4v) is 5.31. The first kappa shape index (κ1) is 18.7. The number of aryl methyl sites for hydroxylation is 1. The third kappa shape index (κ3) is 3.23. The quantitative estimate of drug-likeness (QED) is 0.697. The van der Waals surface area contributed by atoms with E-state index in [4.69, 9.17) is 0 Å². The molecule has 6 rings (SSSR count). The van der Waals surface area contributed by atoms with Crippen molar-refractivity contribution in [3.63, 3.8) is 0 Å². The maximum absolute atomic E-state index is 14.2. The van der Waals surface area contributed by atoms with Gasteiger partial charge >= 0.3 is 0 Å². The topological polar surface area (TPSA) is 78.7 Å². The highest BCUT2D eigenvalue weighted by Crippen LogP contribution is 2.50. The third-order valence-corrected chi connectivity index (χ3v) is 6.79. The van der Waals surface area contributed by atoms with Crippen LogP contribution in [0.1, 0.15) is 29.0 Å². The van der Waals surface area contributed by atoms with E-state index in [0.717, 1.165) is 36.8 Å². The molecule has 9 heteroatoms. The number of hydrogen-bond acceptors (Lipinski definition) is 6. The minimum atomic E-state index is -0.493. The molecule has 3 aromatic heterocycles. The van der Waals surface area contributed by atoms with Crippen LogP contribution in [-0.4, -0.2) is 62.4 Å². The molecule has 0 spiro atoms. The minimum absolute atomic E-state index is 0.199. The maximum Gasteiger partial charge on any atom is 0.275 e. The van der Waals surface area contributed by atoms with Gasteiger partial charge in [-0.1, -0.05) is 0 Å². The number of halogens is 1. The molecule has 0 aromatic carbocycles. The molecule has 2 aliphatic heterocycles. The number of piperidine rings is 1. The average molecular weight is 421 g/mol. The Bertz CT molecular complexity index is 1140. The number of imidazole rings is 1. The second-order valence-electron chi connectivity index (χ2n) is 8.87. The zero-order valence-electron chi connectivity index (χ0n) is 17.3. The zero-order valence-corrected chi connectivity index (χ0v) is 17.3. The molecule has 31 heavy (non-hydrogen) atoms. The monoisotopic (exact) mass is 421 g/mol. The maximum atomic E-state index is 14.2. The van der Waals surface area contributed by atoms with E-state index >= 15 is 0 Å².